The summed E-state index contributed by atoms with van der Waals surface area (Å²) in [6.07, 6.45) is 1.67. The number of hydrogen-bond donors (Lipinski definition) is 0. The summed E-state index contributed by atoms with van der Waals surface area (Å²) in [5.41, 5.74) is 2.77. The molecule has 0 N–H and O–H groups in total. The van der Waals surface area contributed by atoms with Gasteiger partial charge in [0, 0.05) is 10.0 Å². The number of esters is 1. The third kappa shape index (κ3) is 4.60. The molecule has 30 heavy (non-hydrogen) atoms. The van der Waals surface area contributed by atoms with Crippen LogP contribution in [-0.2, 0) is 16.1 Å². The van der Waals surface area contributed by atoms with Crippen molar-refractivity contribution in [3.63, 3.8) is 0 Å². The van der Waals surface area contributed by atoms with Gasteiger partial charge in [0.2, 0.25) is 5.90 Å². The van der Waals surface area contributed by atoms with Crippen LogP contribution in [0.25, 0.3) is 6.08 Å². The first-order chi connectivity index (χ1) is 14.6. The van der Waals surface area contributed by atoms with Gasteiger partial charge >= 0.3 is 5.97 Å². The molecule has 1 heterocycles. The van der Waals surface area contributed by atoms with Gasteiger partial charge in [-0.3, -0.25) is 0 Å². The molecule has 5 nitrogen and oxygen atoms in total. The molecule has 1 aliphatic rings. The van der Waals surface area contributed by atoms with E-state index in [1.807, 2.05) is 66.7 Å². The number of rotatable bonds is 6. The molecule has 0 fully saturated rings. The second kappa shape index (κ2) is 8.97. The molecule has 6 heteroatoms. The van der Waals surface area contributed by atoms with E-state index in [2.05, 4.69) is 20.9 Å². The molecule has 0 radical (unpaired) electrons. The average Bonchev–Trinajstić information content (AvgIpc) is 3.13. The zero-order chi connectivity index (χ0) is 20.9. The number of aliphatic imine (C=N–C) groups is 1. The lowest BCUT2D eigenvalue weighted by molar-refractivity contribution is -0.129. The maximum Gasteiger partial charge on any atom is 0.363 e. The first-order valence-electron chi connectivity index (χ1n) is 9.25. The smallest absolute Gasteiger partial charge is 0.363 e. The van der Waals surface area contributed by atoms with Crippen molar-refractivity contribution in [2.45, 2.75) is 6.61 Å². The van der Waals surface area contributed by atoms with Crippen molar-refractivity contribution < 1.29 is 19.0 Å². The second-order valence-corrected chi connectivity index (χ2v) is 7.44. The van der Waals surface area contributed by atoms with E-state index in [0.717, 1.165) is 21.2 Å². The van der Waals surface area contributed by atoms with Gasteiger partial charge in [0.25, 0.3) is 0 Å². The predicted molar refractivity (Wildman–Crippen MR) is 119 cm³/mol. The molecule has 0 unspecified atom stereocenters. The van der Waals surface area contributed by atoms with Crippen LogP contribution in [-0.4, -0.2) is 19.0 Å². The van der Waals surface area contributed by atoms with E-state index in [9.17, 15) is 4.79 Å². The number of halogens is 1. The second-order valence-electron chi connectivity index (χ2n) is 6.53. The number of hydrogen-bond acceptors (Lipinski definition) is 5. The third-order valence-electron chi connectivity index (χ3n) is 4.44. The number of cyclic esters (lactones) is 1. The van der Waals surface area contributed by atoms with Crippen molar-refractivity contribution >= 4 is 33.9 Å². The molecule has 4 rings (SSSR count). The fourth-order valence-corrected chi connectivity index (χ4v) is 3.18. The molecule has 0 amide bonds. The van der Waals surface area contributed by atoms with E-state index in [0.29, 0.717) is 18.1 Å². The predicted octanol–water partition coefficient (Wildman–Crippen LogP) is 5.38. The minimum absolute atomic E-state index is 0.229. The summed E-state index contributed by atoms with van der Waals surface area (Å²) in [4.78, 5) is 16.6. The highest BCUT2D eigenvalue weighted by Crippen LogP contribution is 2.30. The SMILES string of the molecule is COc1ccc(/C=C2\N=C(c3ccc(Br)cc3)OC2=O)cc1OCc1ccccc1. The lowest BCUT2D eigenvalue weighted by Crippen LogP contribution is -2.05. The van der Waals surface area contributed by atoms with Gasteiger partial charge in [0.05, 0.1) is 7.11 Å². The molecule has 3 aromatic carbocycles. The highest BCUT2D eigenvalue weighted by atomic mass is 79.9. The van der Waals surface area contributed by atoms with Gasteiger partial charge in [-0.15, -0.1) is 0 Å². The van der Waals surface area contributed by atoms with Crippen molar-refractivity contribution in [2.24, 2.45) is 4.99 Å². The van der Waals surface area contributed by atoms with Gasteiger partial charge in [-0.05, 0) is 53.6 Å². The van der Waals surface area contributed by atoms with Crippen molar-refractivity contribution in [2.75, 3.05) is 7.11 Å². The summed E-state index contributed by atoms with van der Waals surface area (Å²) in [7, 11) is 1.59. The first-order valence-corrected chi connectivity index (χ1v) is 10.0. The Balaban J connectivity index is 1.58. The summed E-state index contributed by atoms with van der Waals surface area (Å²) in [6.45, 7) is 0.408. The molecule has 0 aliphatic carbocycles. The topological polar surface area (TPSA) is 57.1 Å². The Hall–Kier alpha value is -3.38. The Morgan fingerprint density at radius 2 is 1.77 bits per heavy atom. The minimum atomic E-state index is -0.490. The summed E-state index contributed by atoms with van der Waals surface area (Å²) < 4.78 is 17.6. The summed E-state index contributed by atoms with van der Waals surface area (Å²) in [5.74, 6) is 0.989. The number of benzene rings is 3. The van der Waals surface area contributed by atoms with E-state index in [1.165, 1.54) is 0 Å². The van der Waals surface area contributed by atoms with Crippen LogP contribution >= 0.6 is 15.9 Å². The number of nitrogens with zero attached hydrogens (tertiary/aromatic N) is 1. The zero-order valence-electron chi connectivity index (χ0n) is 16.2. The molecule has 0 bridgehead atoms. The number of carbonyl (C=O) groups excluding carboxylic acids is 1. The van der Waals surface area contributed by atoms with E-state index >= 15 is 0 Å². The molecule has 0 atom stereocenters. The minimum Gasteiger partial charge on any atom is -0.493 e. The van der Waals surface area contributed by atoms with Crippen LogP contribution in [0, 0.1) is 0 Å². The maximum atomic E-state index is 12.3. The van der Waals surface area contributed by atoms with Gasteiger partial charge in [0.15, 0.2) is 17.2 Å². The molecule has 3 aromatic rings. The fourth-order valence-electron chi connectivity index (χ4n) is 2.91. The van der Waals surface area contributed by atoms with Gasteiger partial charge in [-0.2, -0.15) is 0 Å². The molecule has 150 valence electrons. The van der Waals surface area contributed by atoms with Crippen molar-refractivity contribution in [3.8, 4) is 11.5 Å². The summed E-state index contributed by atoms with van der Waals surface area (Å²) in [6, 6.07) is 22.7. The molecule has 0 saturated carbocycles. The summed E-state index contributed by atoms with van der Waals surface area (Å²) in [5, 5.41) is 0. The Labute approximate surface area is 182 Å². The van der Waals surface area contributed by atoms with E-state index < -0.39 is 5.97 Å². The Morgan fingerprint density at radius 1 is 1.00 bits per heavy atom. The fraction of sp³-hybridized carbons (Fsp3) is 0.0833. The molecule has 0 spiro atoms. The van der Waals surface area contributed by atoms with Crippen LogP contribution in [0.4, 0.5) is 0 Å². The van der Waals surface area contributed by atoms with Gasteiger partial charge in [0.1, 0.15) is 6.61 Å². The number of methoxy groups -OCH3 is 1. The Bertz CT molecular complexity index is 1120. The van der Waals surface area contributed by atoms with E-state index in [-0.39, 0.29) is 11.6 Å². The van der Waals surface area contributed by atoms with Crippen molar-refractivity contribution in [1.82, 2.24) is 0 Å². The Morgan fingerprint density at radius 3 is 2.50 bits per heavy atom. The van der Waals surface area contributed by atoms with Crippen molar-refractivity contribution in [3.05, 3.63) is 99.7 Å². The highest BCUT2D eigenvalue weighted by molar-refractivity contribution is 9.10. The average molecular weight is 464 g/mol. The third-order valence-corrected chi connectivity index (χ3v) is 4.97. The number of ether oxygens (including phenoxy) is 3. The standard InChI is InChI=1S/C24H18BrNO4/c1-28-21-12-7-17(14-22(21)29-15-16-5-3-2-4-6-16)13-20-24(27)30-23(26-20)18-8-10-19(25)11-9-18/h2-14H,15H2,1H3/b20-13-. The maximum absolute atomic E-state index is 12.3. The molecular weight excluding hydrogens is 446 g/mol. The van der Waals surface area contributed by atoms with Crippen LogP contribution in [0.3, 0.4) is 0 Å². The molecule has 0 saturated heterocycles. The number of carbonyl (C=O) groups is 1. The van der Waals surface area contributed by atoms with Gasteiger partial charge in [-0.1, -0.05) is 52.3 Å². The van der Waals surface area contributed by atoms with Crippen LogP contribution < -0.4 is 9.47 Å². The van der Waals surface area contributed by atoms with E-state index in [1.54, 1.807) is 19.3 Å². The normalized spacial score (nSPS) is 14.4. The quantitative estimate of drug-likeness (QED) is 0.363. The van der Waals surface area contributed by atoms with Gasteiger partial charge in [-0.25, -0.2) is 9.79 Å². The largest absolute Gasteiger partial charge is 0.493 e. The molecular formula is C24H18BrNO4. The van der Waals surface area contributed by atoms with Crippen LogP contribution in [0.15, 0.2) is 88.0 Å². The van der Waals surface area contributed by atoms with Crippen LogP contribution in [0.1, 0.15) is 16.7 Å². The first kappa shape index (κ1) is 19.9. The van der Waals surface area contributed by atoms with Crippen LogP contribution in [0.2, 0.25) is 0 Å². The monoisotopic (exact) mass is 463 g/mol. The van der Waals surface area contributed by atoms with E-state index in [4.69, 9.17) is 14.2 Å². The van der Waals surface area contributed by atoms with Gasteiger partial charge < -0.3 is 14.2 Å². The highest BCUT2D eigenvalue weighted by Gasteiger charge is 2.24. The van der Waals surface area contributed by atoms with Crippen LogP contribution in [0.5, 0.6) is 11.5 Å². The lowest BCUT2D eigenvalue weighted by Gasteiger charge is -2.11. The molecule has 0 aromatic heterocycles. The Kier molecular flexibility index (Phi) is 5.95. The summed E-state index contributed by atoms with van der Waals surface area (Å²) >= 11 is 3.39. The lowest BCUT2D eigenvalue weighted by atomic mass is 10.1. The molecule has 1 aliphatic heterocycles. The van der Waals surface area contributed by atoms with Crippen molar-refractivity contribution in [1.29, 1.82) is 0 Å². The zero-order valence-corrected chi connectivity index (χ0v) is 17.8.